The highest BCUT2D eigenvalue weighted by molar-refractivity contribution is 7.92. The number of nitrogens with one attached hydrogen (secondary N) is 1. The standard InChI is InChI=1S/C26H35N3O7S/c1-5-22(26(31)27-6-2)28(17-19-9-8-10-21(15-19)34-4)25(30)18-29(37(32,33)7-3)20-11-12-23-24(16-20)36-14-13-35-23/h8-12,15-16,22H,5-7,13-14,17-18H2,1-4H3,(H,27,31). The summed E-state index contributed by atoms with van der Waals surface area (Å²) in [7, 11) is -2.30. The van der Waals surface area contributed by atoms with Crippen LogP contribution in [-0.2, 0) is 26.2 Å². The number of methoxy groups -OCH3 is 1. The summed E-state index contributed by atoms with van der Waals surface area (Å²) < 4.78 is 43.8. The summed E-state index contributed by atoms with van der Waals surface area (Å²) in [6, 6.07) is 11.2. The monoisotopic (exact) mass is 533 g/mol. The number of carbonyl (C=O) groups excluding carboxylic acids is 2. The molecule has 0 bridgehead atoms. The summed E-state index contributed by atoms with van der Waals surface area (Å²) in [5.74, 6) is 0.519. The molecule has 2 aromatic rings. The average Bonchev–Trinajstić information content (AvgIpc) is 2.91. The van der Waals surface area contributed by atoms with E-state index in [1.54, 1.807) is 50.4 Å². The number of carbonyl (C=O) groups is 2. The van der Waals surface area contributed by atoms with Gasteiger partial charge in [-0.3, -0.25) is 13.9 Å². The van der Waals surface area contributed by atoms with E-state index in [1.165, 1.54) is 11.8 Å². The number of benzene rings is 2. The molecule has 2 aromatic carbocycles. The van der Waals surface area contributed by atoms with E-state index in [2.05, 4.69) is 5.32 Å². The molecule has 10 nitrogen and oxygen atoms in total. The summed E-state index contributed by atoms with van der Waals surface area (Å²) >= 11 is 0. The number of rotatable bonds is 12. The van der Waals surface area contributed by atoms with Gasteiger partial charge in [-0.05, 0) is 50.1 Å². The van der Waals surface area contributed by atoms with Crippen LogP contribution in [0.15, 0.2) is 42.5 Å². The van der Waals surface area contributed by atoms with E-state index >= 15 is 0 Å². The minimum atomic E-state index is -3.85. The van der Waals surface area contributed by atoms with Gasteiger partial charge in [-0.25, -0.2) is 8.42 Å². The van der Waals surface area contributed by atoms with Crippen molar-refractivity contribution >= 4 is 27.5 Å². The Hall–Kier alpha value is -3.47. The second-order valence-corrected chi connectivity index (χ2v) is 10.6. The molecule has 0 radical (unpaired) electrons. The first-order chi connectivity index (χ1) is 17.7. The minimum Gasteiger partial charge on any atom is -0.497 e. The summed E-state index contributed by atoms with van der Waals surface area (Å²) in [5, 5.41) is 2.78. The van der Waals surface area contributed by atoms with Gasteiger partial charge in [-0.2, -0.15) is 0 Å². The lowest BCUT2D eigenvalue weighted by Crippen LogP contribution is -2.52. The highest BCUT2D eigenvalue weighted by Crippen LogP contribution is 2.35. The maximum atomic E-state index is 13.8. The van der Waals surface area contributed by atoms with Crippen LogP contribution in [0.4, 0.5) is 5.69 Å². The van der Waals surface area contributed by atoms with Crippen molar-refractivity contribution in [3.63, 3.8) is 0 Å². The predicted octanol–water partition coefficient (Wildman–Crippen LogP) is 2.57. The fourth-order valence-electron chi connectivity index (χ4n) is 4.09. The first-order valence-electron chi connectivity index (χ1n) is 12.3. The third-order valence-corrected chi connectivity index (χ3v) is 7.76. The van der Waals surface area contributed by atoms with Crippen LogP contribution in [0.3, 0.4) is 0 Å². The number of amides is 2. The molecule has 0 spiro atoms. The zero-order chi connectivity index (χ0) is 27.0. The molecule has 1 aliphatic heterocycles. The zero-order valence-electron chi connectivity index (χ0n) is 21.7. The van der Waals surface area contributed by atoms with Gasteiger partial charge in [-0.1, -0.05) is 19.1 Å². The van der Waals surface area contributed by atoms with Crippen molar-refractivity contribution in [3.05, 3.63) is 48.0 Å². The minimum absolute atomic E-state index is 0.104. The summed E-state index contributed by atoms with van der Waals surface area (Å²) in [5.41, 5.74) is 1.03. The van der Waals surface area contributed by atoms with Gasteiger partial charge in [0.05, 0.1) is 18.6 Å². The largest absolute Gasteiger partial charge is 0.497 e. The van der Waals surface area contributed by atoms with Crippen molar-refractivity contribution in [3.8, 4) is 17.2 Å². The fraction of sp³-hybridized carbons (Fsp3) is 0.462. The molecule has 11 heteroatoms. The lowest BCUT2D eigenvalue weighted by atomic mass is 10.1. The molecular weight excluding hydrogens is 498 g/mol. The Morgan fingerprint density at radius 2 is 1.78 bits per heavy atom. The lowest BCUT2D eigenvalue weighted by molar-refractivity contribution is -0.140. The van der Waals surface area contributed by atoms with Crippen LogP contribution in [0.5, 0.6) is 17.2 Å². The molecule has 0 aromatic heterocycles. The summed E-state index contributed by atoms with van der Waals surface area (Å²) in [4.78, 5) is 28.1. The molecule has 1 atom stereocenters. The van der Waals surface area contributed by atoms with E-state index in [4.69, 9.17) is 14.2 Å². The van der Waals surface area contributed by atoms with Crippen LogP contribution in [0, 0.1) is 0 Å². The Morgan fingerprint density at radius 3 is 2.43 bits per heavy atom. The summed E-state index contributed by atoms with van der Waals surface area (Å²) in [6.07, 6.45) is 0.353. The van der Waals surface area contributed by atoms with Gasteiger partial charge in [0.25, 0.3) is 0 Å². The molecule has 1 N–H and O–H groups in total. The van der Waals surface area contributed by atoms with Crippen LogP contribution in [0.1, 0.15) is 32.8 Å². The third kappa shape index (κ3) is 6.85. The van der Waals surface area contributed by atoms with Crippen LogP contribution in [-0.4, -0.2) is 70.3 Å². The number of ether oxygens (including phenoxy) is 3. The third-order valence-electron chi connectivity index (χ3n) is 6.02. The predicted molar refractivity (Wildman–Crippen MR) is 141 cm³/mol. The van der Waals surface area contributed by atoms with E-state index in [1.807, 2.05) is 13.0 Å². The molecule has 1 heterocycles. The number of nitrogens with zero attached hydrogens (tertiary/aromatic N) is 2. The zero-order valence-corrected chi connectivity index (χ0v) is 22.5. The smallest absolute Gasteiger partial charge is 0.244 e. The summed E-state index contributed by atoms with van der Waals surface area (Å²) in [6.45, 7) is 5.91. The molecule has 3 rings (SSSR count). The molecule has 0 fully saturated rings. The van der Waals surface area contributed by atoms with Gasteiger partial charge in [0, 0.05) is 19.2 Å². The number of hydrogen-bond donors (Lipinski definition) is 1. The van der Waals surface area contributed by atoms with Crippen molar-refractivity contribution in [2.24, 2.45) is 0 Å². The number of anilines is 1. The normalized spacial score (nSPS) is 13.4. The van der Waals surface area contributed by atoms with Crippen LogP contribution < -0.4 is 23.8 Å². The van der Waals surface area contributed by atoms with Crippen molar-refractivity contribution < 1.29 is 32.2 Å². The lowest BCUT2D eigenvalue weighted by Gasteiger charge is -2.33. The van der Waals surface area contributed by atoms with Gasteiger partial charge in [0.1, 0.15) is 31.5 Å². The van der Waals surface area contributed by atoms with Gasteiger partial charge >= 0.3 is 0 Å². The fourth-order valence-corrected chi connectivity index (χ4v) is 5.14. The van der Waals surface area contributed by atoms with Crippen molar-refractivity contribution in [2.45, 2.75) is 39.8 Å². The molecule has 1 aliphatic rings. The van der Waals surface area contributed by atoms with Gasteiger partial charge in [-0.15, -0.1) is 0 Å². The number of likely N-dealkylation sites (N-methyl/N-ethyl adjacent to an activating group) is 1. The highest BCUT2D eigenvalue weighted by atomic mass is 32.2. The van der Waals surface area contributed by atoms with Crippen LogP contribution in [0.25, 0.3) is 0 Å². The molecule has 0 aliphatic carbocycles. The van der Waals surface area contributed by atoms with E-state index in [0.717, 1.165) is 9.87 Å². The second kappa shape index (κ2) is 12.7. The molecule has 1 unspecified atom stereocenters. The maximum absolute atomic E-state index is 13.8. The van der Waals surface area contributed by atoms with Crippen LogP contribution >= 0.6 is 0 Å². The van der Waals surface area contributed by atoms with E-state index in [-0.39, 0.29) is 23.9 Å². The SMILES string of the molecule is CCNC(=O)C(CC)N(Cc1cccc(OC)c1)C(=O)CN(c1ccc2c(c1)OCCO2)S(=O)(=O)CC. The highest BCUT2D eigenvalue weighted by Gasteiger charge is 2.32. The quantitative estimate of drug-likeness (QED) is 0.446. The Morgan fingerprint density at radius 1 is 1.05 bits per heavy atom. The van der Waals surface area contributed by atoms with E-state index in [9.17, 15) is 18.0 Å². The molecule has 2 amide bonds. The molecule has 37 heavy (non-hydrogen) atoms. The van der Waals surface area contributed by atoms with Crippen molar-refractivity contribution in [1.29, 1.82) is 0 Å². The molecular formula is C26H35N3O7S. The Kier molecular flexibility index (Phi) is 9.62. The maximum Gasteiger partial charge on any atom is 0.244 e. The van der Waals surface area contributed by atoms with E-state index < -0.39 is 28.5 Å². The topological polar surface area (TPSA) is 114 Å². The van der Waals surface area contributed by atoms with Crippen LogP contribution in [0.2, 0.25) is 0 Å². The van der Waals surface area contributed by atoms with Crippen molar-refractivity contribution in [1.82, 2.24) is 10.2 Å². The number of sulfonamides is 1. The van der Waals surface area contributed by atoms with Crippen molar-refractivity contribution in [2.75, 3.05) is 43.5 Å². The average molecular weight is 534 g/mol. The van der Waals surface area contributed by atoms with Gasteiger partial charge < -0.3 is 24.4 Å². The molecule has 202 valence electrons. The number of fused-ring (bicyclic) bond motifs is 1. The van der Waals surface area contributed by atoms with E-state index in [0.29, 0.717) is 43.4 Å². The first-order valence-corrected chi connectivity index (χ1v) is 13.9. The Bertz CT molecular complexity index is 1200. The molecule has 0 saturated carbocycles. The van der Waals surface area contributed by atoms with Gasteiger partial charge in [0.2, 0.25) is 21.8 Å². The first kappa shape index (κ1) is 28.1. The molecule has 0 saturated heterocycles. The Balaban J connectivity index is 1.98. The second-order valence-electron chi connectivity index (χ2n) is 8.43. The Labute approximate surface area is 218 Å². The van der Waals surface area contributed by atoms with Gasteiger partial charge in [0.15, 0.2) is 11.5 Å². The number of hydrogen-bond acceptors (Lipinski definition) is 7.